The molecule has 1 aliphatic carbocycles. The van der Waals surface area contributed by atoms with Crippen molar-refractivity contribution >= 4 is 34.3 Å². The van der Waals surface area contributed by atoms with Gasteiger partial charge in [-0.1, -0.05) is 72.3 Å². The van der Waals surface area contributed by atoms with Crippen LogP contribution in [0.25, 0.3) is 0 Å². The fourth-order valence-electron chi connectivity index (χ4n) is 4.15. The van der Waals surface area contributed by atoms with E-state index in [9.17, 15) is 9.59 Å². The number of nitrogens with one attached hydrogen (secondary N) is 2. The first kappa shape index (κ1) is 20.5. The van der Waals surface area contributed by atoms with Crippen molar-refractivity contribution in [3.63, 3.8) is 0 Å². The van der Waals surface area contributed by atoms with Crippen LogP contribution < -0.4 is 16.4 Å². The SMILES string of the molecule is Cc1ccc(Nc2cc(NCc3ccccc3)c(N)c3c2C(=O)c2ccccc2C3=O)cc1. The predicted octanol–water partition coefficient (Wildman–Crippen LogP) is 5.71. The van der Waals surface area contributed by atoms with E-state index in [0.29, 0.717) is 34.6 Å². The van der Waals surface area contributed by atoms with Crippen LogP contribution in [0.15, 0.2) is 84.9 Å². The van der Waals surface area contributed by atoms with E-state index in [2.05, 4.69) is 10.6 Å². The molecule has 0 aromatic heterocycles. The van der Waals surface area contributed by atoms with Crippen LogP contribution in [0.3, 0.4) is 0 Å². The number of carbonyl (C=O) groups is 2. The number of hydrogen-bond acceptors (Lipinski definition) is 5. The molecule has 4 N–H and O–H groups in total. The second kappa shape index (κ2) is 8.28. The van der Waals surface area contributed by atoms with Gasteiger partial charge in [-0.25, -0.2) is 0 Å². The Morgan fingerprint density at radius 2 is 1.33 bits per heavy atom. The number of carbonyl (C=O) groups excluding carboxylic acids is 2. The lowest BCUT2D eigenvalue weighted by Crippen LogP contribution is -2.24. The van der Waals surface area contributed by atoms with E-state index >= 15 is 0 Å². The molecule has 0 spiro atoms. The smallest absolute Gasteiger partial charge is 0.196 e. The second-order valence-electron chi connectivity index (χ2n) is 8.17. The van der Waals surface area contributed by atoms with Gasteiger partial charge in [0.1, 0.15) is 0 Å². The average molecular weight is 434 g/mol. The number of fused-ring (bicyclic) bond motifs is 2. The Kier molecular flexibility index (Phi) is 5.15. The van der Waals surface area contributed by atoms with Crippen LogP contribution in [0.5, 0.6) is 0 Å². The highest BCUT2D eigenvalue weighted by molar-refractivity contribution is 6.32. The molecule has 0 fully saturated rings. The molecule has 4 aromatic carbocycles. The maximum Gasteiger partial charge on any atom is 0.196 e. The number of ketones is 2. The maximum absolute atomic E-state index is 13.5. The lowest BCUT2D eigenvalue weighted by Gasteiger charge is -2.24. The molecule has 0 radical (unpaired) electrons. The van der Waals surface area contributed by atoms with Crippen molar-refractivity contribution in [1.29, 1.82) is 0 Å². The minimum atomic E-state index is -0.243. The Balaban J connectivity index is 1.64. The van der Waals surface area contributed by atoms with E-state index in [0.717, 1.165) is 16.8 Å². The number of hydrogen-bond donors (Lipinski definition) is 3. The standard InChI is InChI=1S/C28H23N3O2/c1-17-11-13-19(14-12-17)31-22-15-23(30-16-18-7-3-2-4-8-18)26(29)25-24(22)27(32)20-9-5-6-10-21(20)28(25)33/h2-15,30-31H,16,29H2,1H3. The summed E-state index contributed by atoms with van der Waals surface area (Å²) in [6.07, 6.45) is 0. The molecule has 0 aliphatic heterocycles. The van der Waals surface area contributed by atoms with E-state index in [4.69, 9.17) is 5.73 Å². The predicted molar refractivity (Wildman–Crippen MR) is 132 cm³/mol. The summed E-state index contributed by atoms with van der Waals surface area (Å²) in [5, 5.41) is 6.68. The number of rotatable bonds is 5. The van der Waals surface area contributed by atoms with E-state index in [1.54, 1.807) is 24.3 Å². The molecule has 5 rings (SSSR count). The van der Waals surface area contributed by atoms with Crippen molar-refractivity contribution < 1.29 is 9.59 Å². The van der Waals surface area contributed by atoms with Crippen molar-refractivity contribution in [2.45, 2.75) is 13.5 Å². The third kappa shape index (κ3) is 3.74. The second-order valence-corrected chi connectivity index (χ2v) is 8.17. The van der Waals surface area contributed by atoms with Crippen molar-refractivity contribution in [3.05, 3.63) is 118 Å². The van der Waals surface area contributed by atoms with Crippen LogP contribution >= 0.6 is 0 Å². The molecule has 5 nitrogen and oxygen atoms in total. The summed E-state index contributed by atoms with van der Waals surface area (Å²) in [7, 11) is 0. The van der Waals surface area contributed by atoms with Crippen LogP contribution in [-0.4, -0.2) is 11.6 Å². The van der Waals surface area contributed by atoms with Gasteiger partial charge in [-0.2, -0.15) is 0 Å². The molecule has 0 heterocycles. The third-order valence-corrected chi connectivity index (χ3v) is 5.89. The Bertz CT molecular complexity index is 1380. The lowest BCUT2D eigenvalue weighted by atomic mass is 9.82. The number of aryl methyl sites for hydroxylation is 1. The molecular weight excluding hydrogens is 410 g/mol. The number of benzene rings is 4. The van der Waals surface area contributed by atoms with Crippen LogP contribution in [0.1, 0.15) is 43.0 Å². The summed E-state index contributed by atoms with van der Waals surface area (Å²) >= 11 is 0. The van der Waals surface area contributed by atoms with E-state index < -0.39 is 0 Å². The van der Waals surface area contributed by atoms with Gasteiger partial charge in [0, 0.05) is 23.4 Å². The third-order valence-electron chi connectivity index (χ3n) is 5.89. The number of nitrogen functional groups attached to an aromatic ring is 1. The van der Waals surface area contributed by atoms with E-state index in [1.807, 2.05) is 67.6 Å². The average Bonchev–Trinajstić information content (AvgIpc) is 2.84. The number of nitrogens with two attached hydrogens (primary N) is 1. The van der Waals surface area contributed by atoms with Gasteiger partial charge in [-0.05, 0) is 30.7 Å². The van der Waals surface area contributed by atoms with E-state index in [-0.39, 0.29) is 22.8 Å². The normalized spacial score (nSPS) is 12.2. The monoisotopic (exact) mass is 433 g/mol. The summed E-state index contributed by atoms with van der Waals surface area (Å²) in [6.45, 7) is 2.55. The summed E-state index contributed by atoms with van der Waals surface area (Å²) in [5.74, 6) is -0.455. The largest absolute Gasteiger partial charge is 0.396 e. The van der Waals surface area contributed by atoms with Crippen molar-refractivity contribution in [3.8, 4) is 0 Å². The van der Waals surface area contributed by atoms with Gasteiger partial charge < -0.3 is 16.4 Å². The fraction of sp³-hybridized carbons (Fsp3) is 0.0714. The molecule has 0 amide bonds. The summed E-state index contributed by atoms with van der Waals surface area (Å²) in [6, 6.07) is 26.5. The molecule has 0 atom stereocenters. The first-order valence-electron chi connectivity index (χ1n) is 10.8. The Morgan fingerprint density at radius 3 is 2.00 bits per heavy atom. The Morgan fingerprint density at radius 1 is 0.727 bits per heavy atom. The fourth-order valence-corrected chi connectivity index (χ4v) is 4.15. The topological polar surface area (TPSA) is 84.2 Å². The van der Waals surface area contributed by atoms with Gasteiger partial charge in [-0.15, -0.1) is 0 Å². The molecule has 0 saturated carbocycles. The molecular formula is C28H23N3O2. The lowest BCUT2D eigenvalue weighted by molar-refractivity contribution is 0.0980. The van der Waals surface area contributed by atoms with Crippen LogP contribution in [-0.2, 0) is 6.54 Å². The summed E-state index contributed by atoms with van der Waals surface area (Å²) < 4.78 is 0. The molecule has 0 unspecified atom stereocenters. The number of anilines is 4. The van der Waals surface area contributed by atoms with Crippen molar-refractivity contribution in [2.75, 3.05) is 16.4 Å². The molecule has 0 saturated heterocycles. The van der Waals surface area contributed by atoms with Gasteiger partial charge >= 0.3 is 0 Å². The van der Waals surface area contributed by atoms with Crippen LogP contribution in [0.2, 0.25) is 0 Å². The summed E-state index contributed by atoms with van der Waals surface area (Å²) in [5.41, 5.74) is 12.3. The zero-order chi connectivity index (χ0) is 22.9. The highest BCUT2D eigenvalue weighted by Crippen LogP contribution is 2.40. The first-order chi connectivity index (χ1) is 16.0. The maximum atomic E-state index is 13.5. The quantitative estimate of drug-likeness (QED) is 0.309. The van der Waals surface area contributed by atoms with Crippen molar-refractivity contribution in [2.24, 2.45) is 0 Å². The van der Waals surface area contributed by atoms with Gasteiger partial charge in [0.25, 0.3) is 0 Å². The Hall–Kier alpha value is -4.38. The minimum absolute atomic E-state index is 0.212. The van der Waals surface area contributed by atoms with Gasteiger partial charge in [0.15, 0.2) is 11.6 Å². The Labute approximate surface area is 192 Å². The molecule has 0 bridgehead atoms. The van der Waals surface area contributed by atoms with E-state index in [1.165, 1.54) is 0 Å². The van der Waals surface area contributed by atoms with Gasteiger partial charge in [0.05, 0.1) is 28.2 Å². The van der Waals surface area contributed by atoms with Gasteiger partial charge in [-0.3, -0.25) is 9.59 Å². The zero-order valence-corrected chi connectivity index (χ0v) is 18.2. The molecule has 4 aromatic rings. The van der Waals surface area contributed by atoms with Crippen LogP contribution in [0.4, 0.5) is 22.7 Å². The first-order valence-corrected chi connectivity index (χ1v) is 10.8. The minimum Gasteiger partial charge on any atom is -0.396 e. The molecule has 33 heavy (non-hydrogen) atoms. The molecule has 1 aliphatic rings. The molecule has 5 heteroatoms. The zero-order valence-electron chi connectivity index (χ0n) is 18.2. The summed E-state index contributed by atoms with van der Waals surface area (Å²) in [4.78, 5) is 27.0. The van der Waals surface area contributed by atoms with Gasteiger partial charge in [0.2, 0.25) is 0 Å². The highest BCUT2D eigenvalue weighted by atomic mass is 16.1. The highest BCUT2D eigenvalue weighted by Gasteiger charge is 2.34. The van der Waals surface area contributed by atoms with Crippen LogP contribution in [0, 0.1) is 6.92 Å². The van der Waals surface area contributed by atoms with Crippen molar-refractivity contribution in [1.82, 2.24) is 0 Å². The molecule has 162 valence electrons.